The third-order valence-electron chi connectivity index (χ3n) is 2.06. The molecule has 72 valence electrons. The maximum Gasteiger partial charge on any atom is 0.0944 e. The molecule has 0 N–H and O–H groups in total. The molecular weight excluding hydrogens is 174 g/mol. The van der Waals surface area contributed by atoms with Crippen molar-refractivity contribution in [2.75, 3.05) is 19.1 Å². The fourth-order valence-electron chi connectivity index (χ4n) is 1.30. The highest BCUT2D eigenvalue weighted by Gasteiger charge is 2.01. The average molecular weight is 187 g/mol. The van der Waals surface area contributed by atoms with E-state index >= 15 is 0 Å². The van der Waals surface area contributed by atoms with Crippen LogP contribution in [0.15, 0.2) is 42.6 Å². The number of hydrogen-bond donors (Lipinski definition) is 0. The molecule has 0 spiro atoms. The van der Waals surface area contributed by atoms with Crippen LogP contribution in [0.1, 0.15) is 0 Å². The Morgan fingerprint density at radius 2 is 1.79 bits per heavy atom. The zero-order valence-corrected chi connectivity index (χ0v) is 8.38. The highest BCUT2D eigenvalue weighted by Crippen LogP contribution is 2.15. The minimum absolute atomic E-state index is 0.999. The fraction of sp³-hybridized carbons (Fsp3) is 0.182. The molecule has 0 saturated heterocycles. The van der Waals surface area contributed by atoms with E-state index < -0.39 is 0 Å². The van der Waals surface area contributed by atoms with Crippen molar-refractivity contribution in [3.8, 4) is 11.3 Å². The molecule has 0 aliphatic carbocycles. The van der Waals surface area contributed by atoms with Crippen LogP contribution in [0.4, 0.5) is 0 Å². The van der Waals surface area contributed by atoms with Crippen molar-refractivity contribution < 1.29 is 0 Å². The summed E-state index contributed by atoms with van der Waals surface area (Å²) in [4.78, 5) is 1.81. The summed E-state index contributed by atoms with van der Waals surface area (Å²) in [6.45, 7) is 0. The summed E-state index contributed by atoms with van der Waals surface area (Å²) in [7, 11) is 3.92. The molecule has 2 rings (SSSR count). The molecule has 0 amide bonds. The van der Waals surface area contributed by atoms with Crippen molar-refractivity contribution in [2.24, 2.45) is 0 Å². The zero-order chi connectivity index (χ0) is 9.97. The lowest BCUT2D eigenvalue weighted by Gasteiger charge is -2.10. The van der Waals surface area contributed by atoms with Crippen LogP contribution in [0.5, 0.6) is 0 Å². The number of benzene rings is 1. The first kappa shape index (κ1) is 8.81. The van der Waals surface area contributed by atoms with Crippen LogP contribution in [0.3, 0.4) is 0 Å². The highest BCUT2D eigenvalue weighted by molar-refractivity contribution is 5.58. The van der Waals surface area contributed by atoms with Gasteiger partial charge in [-0.15, -0.1) is 0 Å². The maximum atomic E-state index is 4.42. The van der Waals surface area contributed by atoms with Gasteiger partial charge in [-0.3, -0.25) is 0 Å². The van der Waals surface area contributed by atoms with Crippen LogP contribution in [-0.4, -0.2) is 24.0 Å². The number of rotatable bonds is 2. The third-order valence-corrected chi connectivity index (χ3v) is 2.06. The molecule has 0 atom stereocenters. The second-order valence-corrected chi connectivity index (χ2v) is 3.33. The molecule has 0 aliphatic rings. The summed E-state index contributed by atoms with van der Waals surface area (Å²) in [5.41, 5.74) is 2.15. The summed E-state index contributed by atoms with van der Waals surface area (Å²) in [6.07, 6.45) is 1.95. The lowest BCUT2D eigenvalue weighted by molar-refractivity contribution is 0.641. The number of nitrogens with zero attached hydrogens (tertiary/aromatic N) is 3. The van der Waals surface area contributed by atoms with Gasteiger partial charge in [0, 0.05) is 25.9 Å². The summed E-state index contributed by atoms with van der Waals surface area (Å²) in [5.74, 6) is 0. The minimum Gasteiger partial charge on any atom is -0.303 e. The smallest absolute Gasteiger partial charge is 0.0944 e. The predicted octanol–water partition coefficient (Wildman–Crippen LogP) is 1.75. The van der Waals surface area contributed by atoms with E-state index in [9.17, 15) is 0 Å². The van der Waals surface area contributed by atoms with Gasteiger partial charge in [-0.2, -0.15) is 9.89 Å². The molecule has 0 bridgehead atoms. The molecule has 2 aromatic rings. The molecule has 0 fully saturated rings. The molecule has 3 heteroatoms. The van der Waals surface area contributed by atoms with Crippen LogP contribution in [-0.2, 0) is 0 Å². The van der Waals surface area contributed by atoms with Crippen LogP contribution in [0.2, 0.25) is 0 Å². The van der Waals surface area contributed by atoms with Gasteiger partial charge in [0.25, 0.3) is 0 Å². The Balaban J connectivity index is 2.34. The summed E-state index contributed by atoms with van der Waals surface area (Å²) >= 11 is 0. The number of hydrogen-bond acceptors (Lipinski definition) is 2. The van der Waals surface area contributed by atoms with Gasteiger partial charge < -0.3 is 5.01 Å². The van der Waals surface area contributed by atoms with Gasteiger partial charge in [-0.05, 0) is 6.07 Å². The minimum atomic E-state index is 0.999. The molecule has 0 aliphatic heterocycles. The van der Waals surface area contributed by atoms with E-state index in [1.54, 1.807) is 0 Å². The first-order valence-corrected chi connectivity index (χ1v) is 4.56. The molecule has 1 heterocycles. The van der Waals surface area contributed by atoms with Crippen LogP contribution < -0.4 is 5.01 Å². The Morgan fingerprint density at radius 3 is 2.36 bits per heavy atom. The number of aromatic nitrogens is 2. The van der Waals surface area contributed by atoms with Gasteiger partial charge in [0.2, 0.25) is 0 Å². The second-order valence-electron chi connectivity index (χ2n) is 3.33. The van der Waals surface area contributed by atoms with Crippen molar-refractivity contribution >= 4 is 0 Å². The molecule has 0 unspecified atom stereocenters. The van der Waals surface area contributed by atoms with E-state index in [-0.39, 0.29) is 0 Å². The summed E-state index contributed by atoms with van der Waals surface area (Å²) in [5, 5.41) is 6.35. The van der Waals surface area contributed by atoms with Gasteiger partial charge in [-0.25, -0.2) is 0 Å². The van der Waals surface area contributed by atoms with E-state index in [2.05, 4.69) is 17.2 Å². The zero-order valence-electron chi connectivity index (χ0n) is 8.38. The topological polar surface area (TPSA) is 21.1 Å². The molecule has 0 saturated carbocycles. The average Bonchev–Trinajstić information content (AvgIpc) is 2.68. The van der Waals surface area contributed by atoms with Crippen LogP contribution in [0, 0.1) is 0 Å². The molecule has 1 aromatic carbocycles. The maximum absolute atomic E-state index is 4.42. The Bertz CT molecular complexity index is 403. The van der Waals surface area contributed by atoms with Gasteiger partial charge in [0.1, 0.15) is 0 Å². The van der Waals surface area contributed by atoms with Crippen LogP contribution in [0.25, 0.3) is 11.3 Å². The first-order valence-electron chi connectivity index (χ1n) is 4.56. The Kier molecular flexibility index (Phi) is 2.23. The third kappa shape index (κ3) is 1.62. The fourth-order valence-corrected chi connectivity index (χ4v) is 1.30. The first-order chi connectivity index (χ1) is 6.77. The van der Waals surface area contributed by atoms with Gasteiger partial charge in [-0.1, -0.05) is 30.3 Å². The molecule has 1 aromatic heterocycles. The predicted molar refractivity (Wildman–Crippen MR) is 57.7 cm³/mol. The van der Waals surface area contributed by atoms with E-state index in [1.807, 2.05) is 54.4 Å². The molecule has 3 nitrogen and oxygen atoms in total. The lowest BCUT2D eigenvalue weighted by Crippen LogP contribution is -2.24. The van der Waals surface area contributed by atoms with E-state index in [4.69, 9.17) is 0 Å². The normalized spacial score (nSPS) is 10.1. The van der Waals surface area contributed by atoms with Crippen molar-refractivity contribution in [1.82, 2.24) is 9.89 Å². The Hall–Kier alpha value is -1.77. The second kappa shape index (κ2) is 3.54. The molecular formula is C11H13N3. The summed E-state index contributed by atoms with van der Waals surface area (Å²) < 4.78 is 0. The Labute approximate surface area is 83.6 Å². The summed E-state index contributed by atoms with van der Waals surface area (Å²) in [6, 6.07) is 12.2. The Morgan fingerprint density at radius 1 is 1.07 bits per heavy atom. The van der Waals surface area contributed by atoms with Gasteiger partial charge in [0.05, 0.1) is 5.69 Å². The van der Waals surface area contributed by atoms with Crippen LogP contribution >= 0.6 is 0 Å². The largest absolute Gasteiger partial charge is 0.303 e. The highest BCUT2D eigenvalue weighted by atomic mass is 15.6. The van der Waals surface area contributed by atoms with Crippen molar-refractivity contribution in [3.63, 3.8) is 0 Å². The SMILES string of the molecule is CN(C)n1ccc(-c2ccccc2)n1. The van der Waals surface area contributed by atoms with Crippen molar-refractivity contribution in [1.29, 1.82) is 0 Å². The van der Waals surface area contributed by atoms with Gasteiger partial charge in [0.15, 0.2) is 0 Å². The van der Waals surface area contributed by atoms with E-state index in [0.29, 0.717) is 0 Å². The van der Waals surface area contributed by atoms with Crippen molar-refractivity contribution in [3.05, 3.63) is 42.6 Å². The van der Waals surface area contributed by atoms with E-state index in [1.165, 1.54) is 0 Å². The van der Waals surface area contributed by atoms with Crippen molar-refractivity contribution in [2.45, 2.75) is 0 Å². The monoisotopic (exact) mass is 187 g/mol. The quantitative estimate of drug-likeness (QED) is 0.714. The van der Waals surface area contributed by atoms with Gasteiger partial charge >= 0.3 is 0 Å². The van der Waals surface area contributed by atoms with E-state index in [0.717, 1.165) is 11.3 Å². The molecule has 14 heavy (non-hydrogen) atoms. The standard InChI is InChI=1S/C11H13N3/c1-13(2)14-9-8-11(12-14)10-6-4-3-5-7-10/h3-9H,1-2H3. The lowest BCUT2D eigenvalue weighted by atomic mass is 10.2. The molecule has 0 radical (unpaired) electrons.